The summed E-state index contributed by atoms with van der Waals surface area (Å²) in [5.74, 6) is -0.119. The maximum Gasteiger partial charge on any atom is 0.227 e. The Balaban J connectivity index is 1.61. The molecule has 2 fully saturated rings. The SMILES string of the molecule is NC1C2C(O)[C@H](Oc3cc(O)cc4c3CNCC4)OC(CO)C12O. The summed E-state index contributed by atoms with van der Waals surface area (Å²) in [5.41, 5.74) is 6.30. The van der Waals surface area contributed by atoms with Crippen LogP contribution in [0.4, 0.5) is 0 Å². The number of fused-ring (bicyclic) bond motifs is 2. The number of hydrogen-bond donors (Lipinski definition) is 6. The van der Waals surface area contributed by atoms with Crippen LogP contribution in [-0.4, -0.2) is 63.7 Å². The van der Waals surface area contributed by atoms with Crippen LogP contribution in [0.15, 0.2) is 12.1 Å². The lowest BCUT2D eigenvalue weighted by Crippen LogP contribution is -2.52. The maximum atomic E-state index is 10.4. The first kappa shape index (κ1) is 16.1. The first-order valence-electron chi connectivity index (χ1n) is 8.11. The second-order valence-electron chi connectivity index (χ2n) is 6.73. The molecule has 1 aromatic rings. The van der Waals surface area contributed by atoms with Gasteiger partial charge in [-0.15, -0.1) is 0 Å². The highest BCUT2D eigenvalue weighted by atomic mass is 16.7. The summed E-state index contributed by atoms with van der Waals surface area (Å²) in [7, 11) is 0. The van der Waals surface area contributed by atoms with E-state index >= 15 is 0 Å². The highest BCUT2D eigenvalue weighted by Gasteiger charge is 2.74. The molecule has 0 radical (unpaired) electrons. The molecule has 2 heterocycles. The molecule has 1 aliphatic carbocycles. The fourth-order valence-electron chi connectivity index (χ4n) is 3.95. The molecule has 7 N–H and O–H groups in total. The lowest BCUT2D eigenvalue weighted by molar-refractivity contribution is -0.244. The molecule has 6 atom stereocenters. The monoisotopic (exact) mass is 338 g/mol. The third-order valence-corrected chi connectivity index (χ3v) is 5.37. The zero-order valence-corrected chi connectivity index (χ0v) is 13.1. The first-order valence-corrected chi connectivity index (χ1v) is 8.11. The van der Waals surface area contributed by atoms with E-state index < -0.39 is 42.7 Å². The summed E-state index contributed by atoms with van der Waals surface area (Å²) in [6.45, 7) is 0.978. The number of aromatic hydroxyl groups is 1. The minimum atomic E-state index is -1.42. The molecular weight excluding hydrogens is 316 g/mol. The topological polar surface area (TPSA) is 137 Å². The molecule has 132 valence electrons. The number of ether oxygens (including phenoxy) is 2. The Hall–Kier alpha value is -1.42. The molecule has 0 bridgehead atoms. The van der Waals surface area contributed by atoms with E-state index in [-0.39, 0.29) is 5.75 Å². The molecule has 3 aliphatic rings. The third kappa shape index (κ3) is 2.22. The number of aliphatic hydroxyl groups excluding tert-OH is 2. The molecule has 8 nitrogen and oxygen atoms in total. The van der Waals surface area contributed by atoms with E-state index in [2.05, 4.69) is 5.32 Å². The number of aliphatic hydroxyl groups is 3. The van der Waals surface area contributed by atoms with E-state index in [0.717, 1.165) is 24.1 Å². The summed E-state index contributed by atoms with van der Waals surface area (Å²) >= 11 is 0. The molecule has 24 heavy (non-hydrogen) atoms. The molecule has 5 unspecified atom stereocenters. The molecule has 1 aromatic carbocycles. The van der Waals surface area contributed by atoms with Gasteiger partial charge in [0.2, 0.25) is 6.29 Å². The van der Waals surface area contributed by atoms with Crippen molar-refractivity contribution in [1.29, 1.82) is 0 Å². The molecule has 4 rings (SSSR count). The molecule has 2 aliphatic heterocycles. The average molecular weight is 338 g/mol. The van der Waals surface area contributed by atoms with Crippen molar-refractivity contribution in [3.05, 3.63) is 23.3 Å². The van der Waals surface area contributed by atoms with Gasteiger partial charge >= 0.3 is 0 Å². The number of phenolic OH excluding ortho intramolecular Hbond substituents is 1. The van der Waals surface area contributed by atoms with Crippen molar-refractivity contribution in [3.63, 3.8) is 0 Å². The predicted octanol–water partition coefficient (Wildman–Crippen LogP) is -1.82. The van der Waals surface area contributed by atoms with Gasteiger partial charge < -0.3 is 41.0 Å². The van der Waals surface area contributed by atoms with E-state index in [1.54, 1.807) is 6.07 Å². The number of nitrogens with one attached hydrogen (secondary N) is 1. The highest BCUT2D eigenvalue weighted by Crippen LogP contribution is 2.52. The van der Waals surface area contributed by atoms with E-state index in [1.807, 2.05) is 0 Å². The van der Waals surface area contributed by atoms with Gasteiger partial charge in [-0.2, -0.15) is 0 Å². The highest BCUT2D eigenvalue weighted by molar-refractivity contribution is 5.47. The van der Waals surface area contributed by atoms with Gasteiger partial charge in [0.05, 0.1) is 6.61 Å². The van der Waals surface area contributed by atoms with Crippen LogP contribution in [-0.2, 0) is 17.7 Å². The Morgan fingerprint density at radius 3 is 2.96 bits per heavy atom. The van der Waals surface area contributed by atoms with Gasteiger partial charge in [-0.25, -0.2) is 0 Å². The molecule has 8 heteroatoms. The Morgan fingerprint density at radius 2 is 2.21 bits per heavy atom. The van der Waals surface area contributed by atoms with Crippen molar-refractivity contribution in [1.82, 2.24) is 5.32 Å². The van der Waals surface area contributed by atoms with Crippen LogP contribution >= 0.6 is 0 Å². The molecule has 1 saturated carbocycles. The van der Waals surface area contributed by atoms with Crippen molar-refractivity contribution in [2.75, 3.05) is 13.2 Å². The molecular formula is C16H22N2O6. The second-order valence-corrected chi connectivity index (χ2v) is 6.73. The fraction of sp³-hybridized carbons (Fsp3) is 0.625. The van der Waals surface area contributed by atoms with Crippen molar-refractivity contribution in [2.24, 2.45) is 11.7 Å². The number of phenols is 1. The summed E-state index contributed by atoms with van der Waals surface area (Å²) in [4.78, 5) is 0. The third-order valence-electron chi connectivity index (χ3n) is 5.37. The quantitative estimate of drug-likeness (QED) is 0.379. The van der Waals surface area contributed by atoms with Crippen LogP contribution < -0.4 is 15.8 Å². The maximum absolute atomic E-state index is 10.4. The lowest BCUT2D eigenvalue weighted by Gasteiger charge is -2.36. The van der Waals surface area contributed by atoms with Gasteiger partial charge in [-0.3, -0.25) is 0 Å². The number of nitrogens with two attached hydrogens (primary N) is 1. The smallest absolute Gasteiger partial charge is 0.227 e. The normalized spacial score (nSPS) is 40.6. The van der Waals surface area contributed by atoms with Gasteiger partial charge in [0.1, 0.15) is 29.3 Å². The van der Waals surface area contributed by atoms with Crippen LogP contribution in [0.5, 0.6) is 11.5 Å². The van der Waals surface area contributed by atoms with E-state index in [9.17, 15) is 20.4 Å². The van der Waals surface area contributed by atoms with Crippen LogP contribution in [0.25, 0.3) is 0 Å². The predicted molar refractivity (Wildman–Crippen MR) is 82.3 cm³/mol. The van der Waals surface area contributed by atoms with Gasteiger partial charge in [0, 0.05) is 30.1 Å². The summed E-state index contributed by atoms with van der Waals surface area (Å²) < 4.78 is 11.4. The first-order chi connectivity index (χ1) is 11.5. The Kier molecular flexibility index (Phi) is 3.72. The van der Waals surface area contributed by atoms with Gasteiger partial charge in [0.15, 0.2) is 0 Å². The van der Waals surface area contributed by atoms with Crippen molar-refractivity contribution >= 4 is 0 Å². The zero-order valence-electron chi connectivity index (χ0n) is 13.1. The van der Waals surface area contributed by atoms with E-state index in [1.165, 1.54) is 6.07 Å². The van der Waals surface area contributed by atoms with Crippen molar-refractivity contribution < 1.29 is 29.9 Å². The summed E-state index contributed by atoms with van der Waals surface area (Å²) in [6, 6.07) is 2.51. The number of benzene rings is 1. The van der Waals surface area contributed by atoms with E-state index in [4.69, 9.17) is 15.2 Å². The summed E-state index contributed by atoms with van der Waals surface area (Å²) in [6.07, 6.45) is -2.35. The minimum absolute atomic E-state index is 0.0780. The van der Waals surface area contributed by atoms with Gasteiger partial charge in [0.25, 0.3) is 0 Å². The lowest BCUT2D eigenvalue weighted by atomic mass is 9.99. The average Bonchev–Trinajstić information content (AvgIpc) is 3.13. The molecule has 0 aromatic heterocycles. The van der Waals surface area contributed by atoms with Gasteiger partial charge in [-0.05, 0) is 24.6 Å². The Labute approximate surface area is 138 Å². The van der Waals surface area contributed by atoms with Crippen LogP contribution in [0.3, 0.4) is 0 Å². The van der Waals surface area contributed by atoms with Crippen LogP contribution in [0, 0.1) is 5.92 Å². The van der Waals surface area contributed by atoms with Crippen LogP contribution in [0.1, 0.15) is 11.1 Å². The molecule has 1 saturated heterocycles. The second kappa shape index (κ2) is 5.55. The van der Waals surface area contributed by atoms with Crippen LogP contribution in [0.2, 0.25) is 0 Å². The minimum Gasteiger partial charge on any atom is -0.508 e. The zero-order chi connectivity index (χ0) is 17.1. The molecule has 0 amide bonds. The summed E-state index contributed by atoms with van der Waals surface area (Å²) in [5, 5.41) is 43.4. The Bertz CT molecular complexity index is 652. The number of hydrogen-bond acceptors (Lipinski definition) is 8. The van der Waals surface area contributed by atoms with E-state index in [0.29, 0.717) is 12.3 Å². The van der Waals surface area contributed by atoms with Gasteiger partial charge in [-0.1, -0.05) is 0 Å². The molecule has 0 spiro atoms. The van der Waals surface area contributed by atoms with Crippen molar-refractivity contribution in [3.8, 4) is 11.5 Å². The fourth-order valence-corrected chi connectivity index (χ4v) is 3.95. The Morgan fingerprint density at radius 1 is 1.42 bits per heavy atom. The van der Waals surface area contributed by atoms with Crippen molar-refractivity contribution in [2.45, 2.75) is 43.1 Å². The standard InChI is InChI=1S/C16H22N2O6/c17-14-12-13(21)15(24-11(6-19)16(12,14)22)23-10-4-8(20)3-7-1-2-18-5-9(7)10/h3-4,11-15,18-22H,1-2,5-6,17H2/t11?,12?,13?,14?,15-,16?/m1/s1. The largest absolute Gasteiger partial charge is 0.508 e. The number of rotatable bonds is 3.